The summed E-state index contributed by atoms with van der Waals surface area (Å²) >= 11 is 0. The number of hydrogen-bond acceptors (Lipinski definition) is 2. The normalized spacial score (nSPS) is 20.5. The van der Waals surface area contributed by atoms with E-state index in [2.05, 4.69) is 11.8 Å². The summed E-state index contributed by atoms with van der Waals surface area (Å²) in [5, 5.41) is 17.6. The van der Waals surface area contributed by atoms with Crippen molar-refractivity contribution in [2.24, 2.45) is 5.92 Å². The Morgan fingerprint density at radius 2 is 1.92 bits per heavy atom. The van der Waals surface area contributed by atoms with E-state index >= 15 is 0 Å². The summed E-state index contributed by atoms with van der Waals surface area (Å²) in [5.41, 5.74) is 0. The molecule has 1 rings (SSSR count). The van der Waals surface area contributed by atoms with Gasteiger partial charge in [0.1, 0.15) is 0 Å². The molecule has 1 fully saturated rings. The summed E-state index contributed by atoms with van der Waals surface area (Å²) in [5.74, 6) is 6.65. The van der Waals surface area contributed by atoms with Crippen molar-refractivity contribution in [3.8, 4) is 11.8 Å². The van der Waals surface area contributed by atoms with Crippen LogP contribution in [0.4, 0.5) is 0 Å². The number of aliphatic hydroxyl groups excluding tert-OH is 2. The largest absolute Gasteiger partial charge is 0.394 e. The molecule has 1 atom stereocenters. The minimum atomic E-state index is -0.656. The highest BCUT2D eigenvalue weighted by atomic mass is 16.3. The molecule has 1 unspecified atom stereocenters. The molecule has 0 radical (unpaired) electrons. The number of hydrogen-bond donors (Lipinski definition) is 2. The van der Waals surface area contributed by atoms with Gasteiger partial charge in [-0.1, -0.05) is 25.2 Å². The third kappa shape index (κ3) is 4.31. The summed E-state index contributed by atoms with van der Waals surface area (Å²) < 4.78 is 0. The molecule has 0 aromatic rings. The lowest BCUT2D eigenvalue weighted by molar-refractivity contribution is 0.0992. The van der Waals surface area contributed by atoms with E-state index in [1.54, 1.807) is 0 Å². The second-order valence-electron chi connectivity index (χ2n) is 3.70. The molecular formula is C11H18O2. The van der Waals surface area contributed by atoms with Crippen molar-refractivity contribution < 1.29 is 10.2 Å². The molecule has 1 aliphatic rings. The van der Waals surface area contributed by atoms with Crippen LogP contribution >= 0.6 is 0 Å². The summed E-state index contributed by atoms with van der Waals surface area (Å²) in [7, 11) is 0. The van der Waals surface area contributed by atoms with Crippen molar-refractivity contribution in [2.75, 3.05) is 6.61 Å². The van der Waals surface area contributed by atoms with Crippen LogP contribution in [0.5, 0.6) is 0 Å². The van der Waals surface area contributed by atoms with Crippen LogP contribution in [-0.2, 0) is 0 Å². The molecule has 74 valence electrons. The van der Waals surface area contributed by atoms with Crippen molar-refractivity contribution in [2.45, 2.75) is 44.6 Å². The second-order valence-corrected chi connectivity index (χ2v) is 3.70. The van der Waals surface area contributed by atoms with E-state index < -0.39 is 6.10 Å². The first-order valence-corrected chi connectivity index (χ1v) is 5.10. The first kappa shape index (κ1) is 10.6. The second kappa shape index (κ2) is 6.01. The summed E-state index contributed by atoms with van der Waals surface area (Å²) in [6.07, 6.45) is 6.11. The fraction of sp³-hybridized carbons (Fsp3) is 0.818. The van der Waals surface area contributed by atoms with Crippen molar-refractivity contribution in [1.29, 1.82) is 0 Å². The fourth-order valence-electron chi connectivity index (χ4n) is 1.63. The molecule has 2 nitrogen and oxygen atoms in total. The Balaban J connectivity index is 2.20. The monoisotopic (exact) mass is 182 g/mol. The minimum absolute atomic E-state index is 0.181. The average molecular weight is 182 g/mol. The number of rotatable bonds is 2. The molecule has 0 spiro atoms. The van der Waals surface area contributed by atoms with Crippen LogP contribution in [0.15, 0.2) is 0 Å². The van der Waals surface area contributed by atoms with Gasteiger partial charge < -0.3 is 10.2 Å². The topological polar surface area (TPSA) is 40.5 Å². The standard InChI is InChI=1S/C11H18O2/c12-9-11(13)8-4-7-10-5-2-1-3-6-10/h10-13H,1-3,5-6,8-9H2. The van der Waals surface area contributed by atoms with Gasteiger partial charge in [0.25, 0.3) is 0 Å². The smallest absolute Gasteiger partial charge is 0.0879 e. The van der Waals surface area contributed by atoms with Crippen LogP contribution < -0.4 is 0 Å². The molecule has 0 heterocycles. The predicted molar refractivity (Wildman–Crippen MR) is 52.1 cm³/mol. The third-order valence-electron chi connectivity index (χ3n) is 2.46. The molecule has 2 N–H and O–H groups in total. The Morgan fingerprint density at radius 1 is 1.23 bits per heavy atom. The highest BCUT2D eigenvalue weighted by Crippen LogP contribution is 2.22. The molecule has 13 heavy (non-hydrogen) atoms. The van der Waals surface area contributed by atoms with E-state index in [9.17, 15) is 0 Å². The van der Waals surface area contributed by atoms with Crippen molar-refractivity contribution in [1.82, 2.24) is 0 Å². The van der Waals surface area contributed by atoms with Crippen LogP contribution in [0.1, 0.15) is 38.5 Å². The summed E-state index contributed by atoms with van der Waals surface area (Å²) in [6, 6.07) is 0. The molecule has 2 heteroatoms. The van der Waals surface area contributed by atoms with Gasteiger partial charge in [-0.2, -0.15) is 0 Å². The zero-order chi connectivity index (χ0) is 9.52. The highest BCUT2D eigenvalue weighted by molar-refractivity contribution is 5.05. The predicted octanol–water partition coefficient (Wildman–Crippen LogP) is 1.31. The SMILES string of the molecule is OCC(O)CC#CC1CCCCC1. The Hall–Kier alpha value is -0.520. The number of aliphatic hydroxyl groups is 2. The maximum atomic E-state index is 9.03. The van der Waals surface area contributed by atoms with Crippen LogP contribution in [0.3, 0.4) is 0 Å². The van der Waals surface area contributed by atoms with Gasteiger partial charge in [-0.3, -0.25) is 0 Å². The summed E-state index contributed by atoms with van der Waals surface area (Å²) in [4.78, 5) is 0. The van der Waals surface area contributed by atoms with Crippen LogP contribution in [0.25, 0.3) is 0 Å². The molecule has 0 saturated heterocycles. The average Bonchev–Trinajstić information content (AvgIpc) is 2.19. The maximum absolute atomic E-state index is 9.03. The van der Waals surface area contributed by atoms with Gasteiger partial charge in [0, 0.05) is 12.3 Å². The van der Waals surface area contributed by atoms with E-state index in [4.69, 9.17) is 10.2 Å². The first-order valence-electron chi connectivity index (χ1n) is 5.10. The lowest BCUT2D eigenvalue weighted by atomic mass is 9.90. The first-order chi connectivity index (χ1) is 6.33. The molecular weight excluding hydrogens is 164 g/mol. The van der Waals surface area contributed by atoms with E-state index in [1.807, 2.05) is 0 Å². The van der Waals surface area contributed by atoms with Gasteiger partial charge >= 0.3 is 0 Å². The molecule has 0 amide bonds. The molecule has 1 saturated carbocycles. The molecule has 0 aliphatic heterocycles. The highest BCUT2D eigenvalue weighted by Gasteiger charge is 2.09. The van der Waals surface area contributed by atoms with E-state index in [0.29, 0.717) is 12.3 Å². The fourth-order valence-corrected chi connectivity index (χ4v) is 1.63. The van der Waals surface area contributed by atoms with Crippen LogP contribution in [-0.4, -0.2) is 22.9 Å². The lowest BCUT2D eigenvalue weighted by Crippen LogP contribution is -2.10. The third-order valence-corrected chi connectivity index (χ3v) is 2.46. The van der Waals surface area contributed by atoms with E-state index in [0.717, 1.165) is 0 Å². The van der Waals surface area contributed by atoms with Gasteiger partial charge in [-0.05, 0) is 12.8 Å². The molecule has 1 aliphatic carbocycles. The van der Waals surface area contributed by atoms with Gasteiger partial charge in [0.05, 0.1) is 12.7 Å². The van der Waals surface area contributed by atoms with Crippen LogP contribution in [0, 0.1) is 17.8 Å². The lowest BCUT2D eigenvalue weighted by Gasteiger charge is -2.15. The van der Waals surface area contributed by atoms with Crippen LogP contribution in [0.2, 0.25) is 0 Å². The summed E-state index contributed by atoms with van der Waals surface area (Å²) in [6.45, 7) is -0.181. The zero-order valence-electron chi connectivity index (χ0n) is 8.00. The Labute approximate surface area is 80.0 Å². The van der Waals surface area contributed by atoms with Crippen molar-refractivity contribution >= 4 is 0 Å². The van der Waals surface area contributed by atoms with Crippen molar-refractivity contribution in [3.05, 3.63) is 0 Å². The Morgan fingerprint density at radius 3 is 2.54 bits per heavy atom. The van der Waals surface area contributed by atoms with Gasteiger partial charge in [-0.25, -0.2) is 0 Å². The quantitative estimate of drug-likeness (QED) is 0.632. The van der Waals surface area contributed by atoms with E-state index in [1.165, 1.54) is 32.1 Å². The van der Waals surface area contributed by atoms with Gasteiger partial charge in [-0.15, -0.1) is 5.92 Å². The van der Waals surface area contributed by atoms with Gasteiger partial charge in [0.15, 0.2) is 0 Å². The molecule has 0 aromatic heterocycles. The van der Waals surface area contributed by atoms with Gasteiger partial charge in [0.2, 0.25) is 0 Å². The molecule has 0 bridgehead atoms. The minimum Gasteiger partial charge on any atom is -0.394 e. The Bertz CT molecular complexity index is 184. The zero-order valence-corrected chi connectivity index (χ0v) is 8.00. The van der Waals surface area contributed by atoms with E-state index in [-0.39, 0.29) is 6.61 Å². The molecule has 0 aromatic carbocycles. The van der Waals surface area contributed by atoms with Crippen molar-refractivity contribution in [3.63, 3.8) is 0 Å². The maximum Gasteiger partial charge on any atom is 0.0879 e. The Kier molecular flexibility index (Phi) is 4.88.